The highest BCUT2D eigenvalue weighted by Gasteiger charge is 2.25. The van der Waals surface area contributed by atoms with E-state index in [0.717, 1.165) is 51.4 Å². The smallest absolute Gasteiger partial charge is 0.207 e. The van der Waals surface area contributed by atoms with Gasteiger partial charge in [0, 0.05) is 0 Å². The second-order valence-electron chi connectivity index (χ2n) is 9.24. The number of phenols is 2. The molecule has 2 aromatic carbocycles. The molecule has 184 valence electrons. The summed E-state index contributed by atoms with van der Waals surface area (Å²) < 4.78 is 27.5. The van der Waals surface area contributed by atoms with Gasteiger partial charge in [-0.2, -0.15) is 0 Å². The number of aromatic hydroxyl groups is 2. The van der Waals surface area contributed by atoms with Gasteiger partial charge in [-0.1, -0.05) is 66.2 Å². The molecule has 0 aliphatic rings. The van der Waals surface area contributed by atoms with Crippen molar-refractivity contribution < 1.29 is 18.6 Å². The SMILES string of the molecule is CCC(CC)CCCc1cc(O)ccc1S(=O)(=O)c1ccc(O)cc1CCCC(CC)CC. The summed E-state index contributed by atoms with van der Waals surface area (Å²) in [5.41, 5.74) is 1.33. The van der Waals surface area contributed by atoms with E-state index in [-0.39, 0.29) is 21.3 Å². The van der Waals surface area contributed by atoms with E-state index in [0.29, 0.717) is 35.8 Å². The zero-order valence-electron chi connectivity index (χ0n) is 20.8. The molecule has 0 saturated carbocycles. The Labute approximate surface area is 201 Å². The van der Waals surface area contributed by atoms with Crippen LogP contribution in [0.5, 0.6) is 11.5 Å². The zero-order valence-corrected chi connectivity index (χ0v) is 21.6. The maximum absolute atomic E-state index is 13.8. The van der Waals surface area contributed by atoms with Gasteiger partial charge in [-0.3, -0.25) is 0 Å². The molecule has 0 amide bonds. The molecule has 5 heteroatoms. The van der Waals surface area contributed by atoms with Crippen molar-refractivity contribution in [2.45, 2.75) is 102 Å². The van der Waals surface area contributed by atoms with Crippen LogP contribution in [0.2, 0.25) is 0 Å². The first-order valence-electron chi connectivity index (χ1n) is 12.6. The molecule has 33 heavy (non-hydrogen) atoms. The van der Waals surface area contributed by atoms with E-state index >= 15 is 0 Å². The molecule has 0 aromatic heterocycles. The fourth-order valence-electron chi connectivity index (χ4n) is 4.72. The lowest BCUT2D eigenvalue weighted by Crippen LogP contribution is -2.10. The summed E-state index contributed by atoms with van der Waals surface area (Å²) in [5.74, 6) is 1.45. The van der Waals surface area contributed by atoms with Crippen LogP contribution in [0.25, 0.3) is 0 Å². The minimum Gasteiger partial charge on any atom is -0.508 e. The summed E-state index contributed by atoms with van der Waals surface area (Å²) in [4.78, 5) is 0.522. The third kappa shape index (κ3) is 7.49. The summed E-state index contributed by atoms with van der Waals surface area (Å²) in [7, 11) is -3.78. The molecule has 0 bridgehead atoms. The lowest BCUT2D eigenvalue weighted by atomic mass is 9.95. The Morgan fingerprint density at radius 3 is 1.36 bits per heavy atom. The topological polar surface area (TPSA) is 74.6 Å². The van der Waals surface area contributed by atoms with Gasteiger partial charge in [-0.25, -0.2) is 8.42 Å². The second-order valence-corrected chi connectivity index (χ2v) is 11.1. The van der Waals surface area contributed by atoms with Gasteiger partial charge >= 0.3 is 0 Å². The predicted molar refractivity (Wildman–Crippen MR) is 136 cm³/mol. The van der Waals surface area contributed by atoms with Crippen LogP contribution >= 0.6 is 0 Å². The van der Waals surface area contributed by atoms with Crippen molar-refractivity contribution in [2.24, 2.45) is 11.8 Å². The Morgan fingerprint density at radius 1 is 0.667 bits per heavy atom. The molecule has 0 spiro atoms. The number of sulfone groups is 1. The monoisotopic (exact) mass is 474 g/mol. The maximum Gasteiger partial charge on any atom is 0.207 e. The van der Waals surface area contributed by atoms with Crippen molar-refractivity contribution in [2.75, 3.05) is 0 Å². The number of aryl methyl sites for hydroxylation is 2. The fourth-order valence-corrected chi connectivity index (χ4v) is 6.47. The van der Waals surface area contributed by atoms with Crippen LogP contribution in [0.15, 0.2) is 46.2 Å². The van der Waals surface area contributed by atoms with E-state index in [1.54, 1.807) is 12.1 Å². The molecule has 0 aliphatic heterocycles. The average Bonchev–Trinajstić information content (AvgIpc) is 2.79. The van der Waals surface area contributed by atoms with Gasteiger partial charge in [0.1, 0.15) is 11.5 Å². The lowest BCUT2D eigenvalue weighted by Gasteiger charge is -2.17. The van der Waals surface area contributed by atoms with Crippen molar-refractivity contribution in [1.29, 1.82) is 0 Å². The summed E-state index contributed by atoms with van der Waals surface area (Å²) >= 11 is 0. The van der Waals surface area contributed by atoms with Crippen molar-refractivity contribution in [3.63, 3.8) is 0 Å². The predicted octanol–water partition coefficient (Wildman–Crippen LogP) is 7.45. The van der Waals surface area contributed by atoms with Gasteiger partial charge in [-0.15, -0.1) is 0 Å². The summed E-state index contributed by atoms with van der Waals surface area (Å²) in [5, 5.41) is 20.1. The second kappa shape index (κ2) is 13.0. The third-order valence-electron chi connectivity index (χ3n) is 7.09. The van der Waals surface area contributed by atoms with E-state index in [1.165, 1.54) is 24.3 Å². The standard InChI is InChI=1S/C28H42O4S/c1-5-21(6-2)11-9-13-23-19-25(29)15-17-27(23)33(31,32)28-18-16-26(30)20-24(28)14-10-12-22(7-3)8-4/h15-22,29-30H,5-14H2,1-4H3. The first-order chi connectivity index (χ1) is 15.8. The first kappa shape index (κ1) is 27.2. The molecule has 0 atom stereocenters. The van der Waals surface area contributed by atoms with Gasteiger partial charge in [0.25, 0.3) is 0 Å². The van der Waals surface area contributed by atoms with Crippen LogP contribution in [0, 0.1) is 11.8 Å². The van der Waals surface area contributed by atoms with Gasteiger partial charge in [0.2, 0.25) is 9.84 Å². The maximum atomic E-state index is 13.8. The quantitative estimate of drug-likeness (QED) is 0.298. The van der Waals surface area contributed by atoms with Gasteiger partial charge in [-0.05, 0) is 85.0 Å². The molecule has 0 unspecified atom stereocenters. The summed E-state index contributed by atoms with van der Waals surface area (Å²) in [6.45, 7) is 8.75. The highest BCUT2D eigenvalue weighted by atomic mass is 32.2. The van der Waals surface area contributed by atoms with E-state index in [1.807, 2.05) is 0 Å². The fraction of sp³-hybridized carbons (Fsp3) is 0.571. The third-order valence-corrected chi connectivity index (χ3v) is 9.05. The van der Waals surface area contributed by atoms with Crippen molar-refractivity contribution >= 4 is 9.84 Å². The molecular weight excluding hydrogens is 432 g/mol. The number of hydrogen-bond donors (Lipinski definition) is 2. The Bertz CT molecular complexity index is 900. The summed E-state index contributed by atoms with van der Waals surface area (Å²) in [6.07, 6.45) is 9.57. The Hall–Kier alpha value is -2.01. The molecule has 0 aliphatic carbocycles. The van der Waals surface area contributed by atoms with E-state index in [2.05, 4.69) is 27.7 Å². The van der Waals surface area contributed by atoms with Crippen molar-refractivity contribution in [1.82, 2.24) is 0 Å². The minimum atomic E-state index is -3.78. The number of hydrogen-bond acceptors (Lipinski definition) is 4. The van der Waals surface area contributed by atoms with Crippen molar-refractivity contribution in [3.8, 4) is 11.5 Å². The van der Waals surface area contributed by atoms with Crippen LogP contribution < -0.4 is 0 Å². The Morgan fingerprint density at radius 2 is 1.03 bits per heavy atom. The average molecular weight is 475 g/mol. The number of phenolic OH excluding ortho intramolecular Hbond substituents is 2. The van der Waals surface area contributed by atoms with Gasteiger partial charge < -0.3 is 10.2 Å². The molecule has 0 fully saturated rings. The number of rotatable bonds is 14. The zero-order chi connectivity index (χ0) is 24.4. The molecular formula is C28H42O4S. The van der Waals surface area contributed by atoms with Crippen LogP contribution in [-0.2, 0) is 22.7 Å². The molecule has 0 saturated heterocycles. The first-order valence-corrected chi connectivity index (χ1v) is 14.1. The Kier molecular flexibility index (Phi) is 10.7. The van der Waals surface area contributed by atoms with E-state index in [4.69, 9.17) is 0 Å². The normalized spacial score (nSPS) is 12.1. The number of benzene rings is 2. The largest absolute Gasteiger partial charge is 0.508 e. The van der Waals surface area contributed by atoms with Crippen LogP contribution in [-0.4, -0.2) is 18.6 Å². The highest BCUT2D eigenvalue weighted by Crippen LogP contribution is 2.33. The minimum absolute atomic E-state index is 0.0857. The molecule has 2 aromatic rings. The van der Waals surface area contributed by atoms with Crippen LogP contribution in [0.4, 0.5) is 0 Å². The van der Waals surface area contributed by atoms with E-state index < -0.39 is 9.84 Å². The molecule has 4 nitrogen and oxygen atoms in total. The highest BCUT2D eigenvalue weighted by molar-refractivity contribution is 7.91. The van der Waals surface area contributed by atoms with Crippen molar-refractivity contribution in [3.05, 3.63) is 47.5 Å². The molecule has 0 heterocycles. The van der Waals surface area contributed by atoms with E-state index in [9.17, 15) is 18.6 Å². The Balaban J connectivity index is 2.34. The van der Waals surface area contributed by atoms with Gasteiger partial charge in [0.05, 0.1) is 9.79 Å². The van der Waals surface area contributed by atoms with Crippen LogP contribution in [0.3, 0.4) is 0 Å². The van der Waals surface area contributed by atoms with Crippen LogP contribution in [0.1, 0.15) is 90.2 Å². The lowest BCUT2D eigenvalue weighted by molar-refractivity contribution is 0.439. The molecule has 0 radical (unpaired) electrons. The summed E-state index contributed by atoms with van der Waals surface area (Å²) in [6, 6.07) is 9.13. The van der Waals surface area contributed by atoms with Gasteiger partial charge in [0.15, 0.2) is 0 Å². The molecule has 2 N–H and O–H groups in total. The molecule has 2 rings (SSSR count).